The van der Waals surface area contributed by atoms with Gasteiger partial charge in [0, 0.05) is 0 Å². The Hall–Kier alpha value is -0.770. The van der Waals surface area contributed by atoms with Crippen molar-refractivity contribution in [1.82, 2.24) is 14.3 Å². The van der Waals surface area contributed by atoms with E-state index in [1.807, 2.05) is 4.72 Å². The second-order valence-corrected chi connectivity index (χ2v) is 9.69. The summed E-state index contributed by atoms with van der Waals surface area (Å²) >= 11 is 0. The summed E-state index contributed by atoms with van der Waals surface area (Å²) in [6.45, 7) is 1.58. The second-order valence-electron chi connectivity index (χ2n) is 8.06. The SMILES string of the molecule is O=C1CN(C2C(O)CC3CCC([C@@H]4CCNC4)CC3C2F)S(=O)(=O)N1. The predicted molar refractivity (Wildman–Crippen MR) is 88.4 cm³/mol. The highest BCUT2D eigenvalue weighted by Crippen LogP contribution is 2.48. The lowest BCUT2D eigenvalue weighted by atomic mass is 9.62. The highest BCUT2D eigenvalue weighted by Gasteiger charge is 2.54. The van der Waals surface area contributed by atoms with Crippen LogP contribution in [0.2, 0.25) is 0 Å². The van der Waals surface area contributed by atoms with E-state index < -0.39 is 41.0 Å². The monoisotopic (exact) mass is 375 g/mol. The lowest BCUT2D eigenvalue weighted by Gasteiger charge is -2.48. The summed E-state index contributed by atoms with van der Waals surface area (Å²) in [6.07, 6.45) is 1.71. The number of hydrogen-bond donors (Lipinski definition) is 3. The van der Waals surface area contributed by atoms with E-state index in [9.17, 15) is 18.3 Å². The molecule has 4 aliphatic rings. The summed E-state index contributed by atoms with van der Waals surface area (Å²) in [7, 11) is -4.04. The summed E-state index contributed by atoms with van der Waals surface area (Å²) in [5.74, 6) is 0.220. The molecule has 2 aliphatic heterocycles. The quantitative estimate of drug-likeness (QED) is 0.620. The van der Waals surface area contributed by atoms with Crippen LogP contribution in [-0.2, 0) is 15.0 Å². The smallest absolute Gasteiger partial charge is 0.304 e. The van der Waals surface area contributed by atoms with Gasteiger partial charge in [-0.3, -0.25) is 4.79 Å². The number of hydrogen-bond acceptors (Lipinski definition) is 5. The molecule has 142 valence electrons. The van der Waals surface area contributed by atoms with Crippen LogP contribution in [0.25, 0.3) is 0 Å². The maximum absolute atomic E-state index is 15.4. The summed E-state index contributed by atoms with van der Waals surface area (Å²) in [5.41, 5.74) is 0. The molecule has 2 saturated heterocycles. The van der Waals surface area contributed by atoms with E-state index in [1.165, 1.54) is 0 Å². The fourth-order valence-corrected chi connectivity index (χ4v) is 6.82. The minimum Gasteiger partial charge on any atom is -0.391 e. The Labute approximate surface area is 147 Å². The van der Waals surface area contributed by atoms with Crippen LogP contribution in [0.1, 0.15) is 32.1 Å². The van der Waals surface area contributed by atoms with Crippen LogP contribution in [0.4, 0.5) is 4.39 Å². The number of halogens is 1. The zero-order chi connectivity index (χ0) is 17.8. The maximum atomic E-state index is 15.4. The normalized spacial score (nSPS) is 47.4. The van der Waals surface area contributed by atoms with Crippen LogP contribution in [0, 0.1) is 23.7 Å². The number of alkyl halides is 1. The molecule has 9 heteroatoms. The van der Waals surface area contributed by atoms with Gasteiger partial charge in [0.15, 0.2) is 0 Å². The Morgan fingerprint density at radius 3 is 2.52 bits per heavy atom. The largest absolute Gasteiger partial charge is 0.391 e. The minimum atomic E-state index is -4.04. The maximum Gasteiger partial charge on any atom is 0.304 e. The molecule has 6 unspecified atom stereocenters. The van der Waals surface area contributed by atoms with Crippen molar-refractivity contribution in [2.24, 2.45) is 23.7 Å². The van der Waals surface area contributed by atoms with Gasteiger partial charge in [-0.05, 0) is 68.9 Å². The molecule has 7 atom stereocenters. The third kappa shape index (κ3) is 3.09. The van der Waals surface area contributed by atoms with Crippen molar-refractivity contribution < 1.29 is 22.7 Å². The first-order valence-electron chi connectivity index (χ1n) is 9.22. The topological polar surface area (TPSA) is 98.7 Å². The van der Waals surface area contributed by atoms with Crippen molar-refractivity contribution in [3.8, 4) is 0 Å². The highest BCUT2D eigenvalue weighted by atomic mass is 32.2. The van der Waals surface area contributed by atoms with E-state index >= 15 is 4.39 Å². The fraction of sp³-hybridized carbons (Fsp3) is 0.938. The highest BCUT2D eigenvalue weighted by molar-refractivity contribution is 7.88. The number of fused-ring (bicyclic) bond motifs is 1. The number of carbonyl (C=O) groups excluding carboxylic acids is 1. The van der Waals surface area contributed by atoms with Gasteiger partial charge in [-0.25, -0.2) is 9.11 Å². The van der Waals surface area contributed by atoms with Gasteiger partial charge in [0.2, 0.25) is 5.91 Å². The summed E-state index contributed by atoms with van der Waals surface area (Å²) < 4.78 is 42.3. The molecule has 1 amide bonds. The Kier molecular flexibility index (Phi) is 4.54. The van der Waals surface area contributed by atoms with Crippen LogP contribution in [-0.4, -0.2) is 61.7 Å². The molecule has 3 N–H and O–H groups in total. The average molecular weight is 375 g/mol. The van der Waals surface area contributed by atoms with Gasteiger partial charge in [0.25, 0.3) is 0 Å². The third-order valence-electron chi connectivity index (χ3n) is 6.71. The Bertz CT molecular complexity index is 639. The van der Waals surface area contributed by atoms with Gasteiger partial charge in [-0.15, -0.1) is 0 Å². The number of nitrogens with zero attached hydrogens (tertiary/aromatic N) is 1. The van der Waals surface area contributed by atoms with Gasteiger partial charge in [-0.1, -0.05) is 0 Å². The molecular formula is C16H26FN3O4S. The number of amides is 1. The standard InChI is InChI=1S/C16H26FN3O4S/c17-15-12-5-9(11-3-4-18-7-11)1-2-10(12)6-13(21)16(15)20-8-14(22)19-25(20,23)24/h9-13,15-16,18,21H,1-8H2,(H,19,22)/t9?,10?,11-,12?,13?,15?,16?/m1/s1. The number of aliphatic hydroxyl groups excluding tert-OH is 1. The number of aliphatic hydroxyl groups is 1. The molecule has 0 spiro atoms. The molecule has 0 bridgehead atoms. The summed E-state index contributed by atoms with van der Waals surface area (Å²) in [6, 6.07) is -1.16. The first kappa shape index (κ1) is 17.6. The number of rotatable bonds is 2. The lowest BCUT2D eigenvalue weighted by molar-refractivity contribution is -0.120. The van der Waals surface area contributed by atoms with Crippen LogP contribution in [0.15, 0.2) is 0 Å². The van der Waals surface area contributed by atoms with Crippen LogP contribution >= 0.6 is 0 Å². The molecule has 25 heavy (non-hydrogen) atoms. The van der Waals surface area contributed by atoms with Crippen LogP contribution in [0.3, 0.4) is 0 Å². The predicted octanol–water partition coefficient (Wildman–Crippen LogP) is -0.224. The molecule has 2 aliphatic carbocycles. The molecule has 2 heterocycles. The third-order valence-corrected chi connectivity index (χ3v) is 8.19. The number of carbonyl (C=O) groups is 1. The molecule has 0 aromatic carbocycles. The van der Waals surface area contributed by atoms with Gasteiger partial charge >= 0.3 is 10.2 Å². The van der Waals surface area contributed by atoms with Crippen molar-refractivity contribution >= 4 is 16.1 Å². The average Bonchev–Trinajstić information content (AvgIpc) is 3.15. The van der Waals surface area contributed by atoms with Gasteiger partial charge in [0.1, 0.15) is 6.17 Å². The Morgan fingerprint density at radius 2 is 1.88 bits per heavy atom. The van der Waals surface area contributed by atoms with E-state index in [2.05, 4.69) is 5.32 Å². The van der Waals surface area contributed by atoms with Crippen LogP contribution < -0.4 is 10.0 Å². The molecule has 0 radical (unpaired) electrons. The zero-order valence-corrected chi connectivity index (χ0v) is 14.9. The molecule has 7 nitrogen and oxygen atoms in total. The van der Waals surface area contributed by atoms with Crippen molar-refractivity contribution in [2.45, 2.75) is 50.4 Å². The van der Waals surface area contributed by atoms with Crippen LogP contribution in [0.5, 0.6) is 0 Å². The van der Waals surface area contributed by atoms with E-state index in [0.717, 1.165) is 43.1 Å². The zero-order valence-electron chi connectivity index (χ0n) is 14.1. The minimum absolute atomic E-state index is 0.0980. The first-order valence-corrected chi connectivity index (χ1v) is 10.7. The van der Waals surface area contributed by atoms with Crippen molar-refractivity contribution in [3.05, 3.63) is 0 Å². The fourth-order valence-electron chi connectivity index (χ4n) is 5.49. The number of nitrogens with one attached hydrogen (secondary N) is 2. The molecule has 0 aromatic rings. The molecular weight excluding hydrogens is 349 g/mol. The van der Waals surface area contributed by atoms with Gasteiger partial charge in [0.05, 0.1) is 18.7 Å². The summed E-state index contributed by atoms with van der Waals surface area (Å²) in [5, 5.41) is 13.8. The van der Waals surface area contributed by atoms with E-state index in [1.54, 1.807) is 0 Å². The Balaban J connectivity index is 1.54. The molecule has 0 aromatic heterocycles. The van der Waals surface area contributed by atoms with Crippen molar-refractivity contribution in [2.75, 3.05) is 19.6 Å². The summed E-state index contributed by atoms with van der Waals surface area (Å²) in [4.78, 5) is 11.5. The van der Waals surface area contributed by atoms with Gasteiger partial charge in [-0.2, -0.15) is 12.7 Å². The Morgan fingerprint density at radius 1 is 1.12 bits per heavy atom. The van der Waals surface area contributed by atoms with E-state index in [0.29, 0.717) is 18.3 Å². The first-order chi connectivity index (χ1) is 11.9. The van der Waals surface area contributed by atoms with Gasteiger partial charge < -0.3 is 10.4 Å². The van der Waals surface area contributed by atoms with E-state index in [-0.39, 0.29) is 11.8 Å². The lowest BCUT2D eigenvalue weighted by Crippen LogP contribution is -2.59. The van der Waals surface area contributed by atoms with Crippen molar-refractivity contribution in [1.29, 1.82) is 0 Å². The second kappa shape index (κ2) is 6.44. The molecule has 2 saturated carbocycles. The molecule has 4 fully saturated rings. The van der Waals surface area contributed by atoms with E-state index in [4.69, 9.17) is 0 Å². The van der Waals surface area contributed by atoms with Crippen molar-refractivity contribution in [3.63, 3.8) is 0 Å². The molecule has 4 rings (SSSR count).